The number of aryl methyl sites for hydroxylation is 3. The number of ketones is 2. The summed E-state index contributed by atoms with van der Waals surface area (Å²) >= 11 is 0. The molecule has 0 spiro atoms. The van der Waals surface area contributed by atoms with Gasteiger partial charge in [0, 0.05) is 24.6 Å². The molecule has 0 bridgehead atoms. The smallest absolute Gasteiger partial charge is 0.151 e. The minimum absolute atomic E-state index is 0.0569. The summed E-state index contributed by atoms with van der Waals surface area (Å²) in [6.07, 6.45) is 3.11. The van der Waals surface area contributed by atoms with E-state index < -0.39 is 5.92 Å². The SMILES string of the molecule is C=C(CC1CC(=O)C(c2c(C)cc(C)cc2C)C1=O)NCCCC. The predicted molar refractivity (Wildman–Crippen MR) is 98.2 cm³/mol. The maximum Gasteiger partial charge on any atom is 0.151 e. The number of allylic oxidation sites excluding steroid dienone is 1. The van der Waals surface area contributed by atoms with Crippen LogP contribution in [0.3, 0.4) is 0 Å². The summed E-state index contributed by atoms with van der Waals surface area (Å²) in [6, 6.07) is 4.11. The molecule has 1 aliphatic carbocycles. The van der Waals surface area contributed by atoms with Crippen LogP contribution in [0.25, 0.3) is 0 Å². The summed E-state index contributed by atoms with van der Waals surface area (Å²) in [5, 5.41) is 3.27. The molecule has 1 N–H and O–H groups in total. The van der Waals surface area contributed by atoms with Crippen LogP contribution >= 0.6 is 0 Å². The lowest BCUT2D eigenvalue weighted by atomic mass is 9.86. The number of benzene rings is 1. The Bertz CT molecular complexity index is 637. The Morgan fingerprint density at radius 1 is 1.21 bits per heavy atom. The van der Waals surface area contributed by atoms with E-state index in [2.05, 4.69) is 31.0 Å². The van der Waals surface area contributed by atoms with Gasteiger partial charge in [-0.2, -0.15) is 0 Å². The third-order valence-electron chi connectivity index (χ3n) is 4.88. The fraction of sp³-hybridized carbons (Fsp3) is 0.524. The maximum absolute atomic E-state index is 12.9. The molecular weight excluding hydrogens is 298 g/mol. The van der Waals surface area contributed by atoms with Crippen molar-refractivity contribution in [3.63, 3.8) is 0 Å². The number of rotatable bonds is 7. The second-order valence-corrected chi connectivity index (χ2v) is 7.10. The number of Topliss-reactive ketones (excluding diaryl/α,β-unsaturated/α-hetero) is 2. The average Bonchev–Trinajstić information content (AvgIpc) is 2.74. The van der Waals surface area contributed by atoms with E-state index in [1.165, 1.54) is 0 Å². The highest BCUT2D eigenvalue weighted by molar-refractivity contribution is 6.15. The molecule has 2 unspecified atom stereocenters. The van der Waals surface area contributed by atoms with E-state index >= 15 is 0 Å². The maximum atomic E-state index is 12.9. The first-order valence-corrected chi connectivity index (χ1v) is 8.91. The van der Waals surface area contributed by atoms with E-state index in [1.54, 1.807) is 0 Å². The van der Waals surface area contributed by atoms with E-state index in [4.69, 9.17) is 0 Å². The van der Waals surface area contributed by atoms with Crippen LogP contribution in [0.4, 0.5) is 0 Å². The average molecular weight is 327 g/mol. The molecule has 0 aliphatic heterocycles. The van der Waals surface area contributed by atoms with Gasteiger partial charge in [0.05, 0.1) is 0 Å². The summed E-state index contributed by atoms with van der Waals surface area (Å²) in [7, 11) is 0. The van der Waals surface area contributed by atoms with Crippen LogP contribution in [0, 0.1) is 26.7 Å². The van der Waals surface area contributed by atoms with Crippen molar-refractivity contribution in [2.75, 3.05) is 6.54 Å². The Labute approximate surface area is 145 Å². The van der Waals surface area contributed by atoms with Crippen molar-refractivity contribution in [1.82, 2.24) is 5.32 Å². The van der Waals surface area contributed by atoms with Crippen molar-refractivity contribution >= 4 is 11.6 Å². The molecule has 0 amide bonds. The van der Waals surface area contributed by atoms with Crippen molar-refractivity contribution in [1.29, 1.82) is 0 Å². The van der Waals surface area contributed by atoms with Crippen LogP contribution in [0.1, 0.15) is 60.8 Å². The molecule has 0 radical (unpaired) electrons. The number of carbonyl (C=O) groups excluding carboxylic acids is 2. The van der Waals surface area contributed by atoms with Crippen LogP contribution in [0.15, 0.2) is 24.4 Å². The van der Waals surface area contributed by atoms with Gasteiger partial charge in [0.25, 0.3) is 0 Å². The van der Waals surface area contributed by atoms with Gasteiger partial charge in [-0.3, -0.25) is 9.59 Å². The molecule has 0 saturated heterocycles. The number of hydrogen-bond acceptors (Lipinski definition) is 3. The molecule has 1 fully saturated rings. The van der Waals surface area contributed by atoms with Crippen molar-refractivity contribution in [3.05, 3.63) is 46.7 Å². The Morgan fingerprint density at radius 3 is 2.42 bits per heavy atom. The van der Waals surface area contributed by atoms with Crippen LogP contribution < -0.4 is 5.32 Å². The van der Waals surface area contributed by atoms with E-state index in [9.17, 15) is 9.59 Å². The van der Waals surface area contributed by atoms with E-state index in [0.29, 0.717) is 12.8 Å². The molecule has 0 heterocycles. The minimum atomic E-state index is -0.584. The topological polar surface area (TPSA) is 46.2 Å². The highest BCUT2D eigenvalue weighted by Gasteiger charge is 2.43. The Morgan fingerprint density at radius 2 is 1.83 bits per heavy atom. The zero-order valence-corrected chi connectivity index (χ0v) is 15.4. The largest absolute Gasteiger partial charge is 0.389 e. The fourth-order valence-corrected chi connectivity index (χ4v) is 3.79. The highest BCUT2D eigenvalue weighted by Crippen LogP contribution is 2.38. The van der Waals surface area contributed by atoms with Gasteiger partial charge < -0.3 is 5.32 Å². The number of unbranched alkanes of at least 4 members (excludes halogenated alkanes) is 1. The summed E-state index contributed by atoms with van der Waals surface area (Å²) in [5.74, 6) is -0.696. The van der Waals surface area contributed by atoms with Crippen molar-refractivity contribution < 1.29 is 9.59 Å². The first kappa shape index (κ1) is 18.4. The lowest BCUT2D eigenvalue weighted by Gasteiger charge is -2.17. The Hall–Kier alpha value is -1.90. The fourth-order valence-electron chi connectivity index (χ4n) is 3.79. The second kappa shape index (κ2) is 7.78. The van der Waals surface area contributed by atoms with Crippen molar-refractivity contribution in [2.45, 2.75) is 59.3 Å². The first-order chi connectivity index (χ1) is 11.3. The monoisotopic (exact) mass is 327 g/mol. The molecule has 130 valence electrons. The standard InChI is InChI=1S/C21H29NO2/c1-6-7-8-22-16(5)11-17-12-18(23)20(21(17)24)19-14(3)9-13(2)10-15(19)4/h9-10,17,20,22H,5-8,11-12H2,1-4H3. The molecule has 3 nitrogen and oxygen atoms in total. The van der Waals surface area contributed by atoms with Gasteiger partial charge in [-0.25, -0.2) is 0 Å². The van der Waals surface area contributed by atoms with Gasteiger partial charge in [-0.05, 0) is 50.3 Å². The van der Waals surface area contributed by atoms with Gasteiger partial charge in [0.2, 0.25) is 0 Å². The quantitative estimate of drug-likeness (QED) is 0.604. The van der Waals surface area contributed by atoms with Gasteiger partial charge in [0.15, 0.2) is 5.78 Å². The first-order valence-electron chi connectivity index (χ1n) is 8.91. The molecule has 1 saturated carbocycles. The third-order valence-corrected chi connectivity index (χ3v) is 4.88. The molecule has 1 aromatic carbocycles. The third kappa shape index (κ3) is 3.95. The highest BCUT2D eigenvalue weighted by atomic mass is 16.2. The molecule has 1 aliphatic rings. The lowest BCUT2D eigenvalue weighted by Crippen LogP contribution is -2.21. The van der Waals surface area contributed by atoms with Crippen LogP contribution in [0.2, 0.25) is 0 Å². The Balaban J connectivity index is 2.14. The molecular formula is C21H29NO2. The summed E-state index contributed by atoms with van der Waals surface area (Å²) in [4.78, 5) is 25.4. The van der Waals surface area contributed by atoms with E-state index in [-0.39, 0.29) is 17.5 Å². The van der Waals surface area contributed by atoms with Gasteiger partial charge >= 0.3 is 0 Å². The molecule has 2 atom stereocenters. The van der Waals surface area contributed by atoms with E-state index in [0.717, 1.165) is 47.3 Å². The summed E-state index contributed by atoms with van der Waals surface area (Å²) in [6.45, 7) is 13.1. The van der Waals surface area contributed by atoms with Gasteiger partial charge in [-0.1, -0.05) is 37.6 Å². The van der Waals surface area contributed by atoms with Crippen LogP contribution in [0.5, 0.6) is 0 Å². The number of hydrogen-bond donors (Lipinski definition) is 1. The zero-order valence-electron chi connectivity index (χ0n) is 15.4. The zero-order chi connectivity index (χ0) is 17.9. The number of nitrogens with one attached hydrogen (secondary N) is 1. The van der Waals surface area contributed by atoms with Crippen LogP contribution in [-0.4, -0.2) is 18.1 Å². The van der Waals surface area contributed by atoms with Crippen molar-refractivity contribution in [3.8, 4) is 0 Å². The number of carbonyl (C=O) groups is 2. The van der Waals surface area contributed by atoms with Crippen molar-refractivity contribution in [2.24, 2.45) is 5.92 Å². The predicted octanol–water partition coefficient (Wildman–Crippen LogP) is 4.15. The molecule has 2 rings (SSSR count). The molecule has 24 heavy (non-hydrogen) atoms. The summed E-state index contributed by atoms with van der Waals surface area (Å²) < 4.78 is 0. The lowest BCUT2D eigenvalue weighted by molar-refractivity contribution is -0.124. The minimum Gasteiger partial charge on any atom is -0.389 e. The van der Waals surface area contributed by atoms with Crippen LogP contribution in [-0.2, 0) is 9.59 Å². The molecule has 1 aromatic rings. The Kier molecular flexibility index (Phi) is 5.98. The second-order valence-electron chi connectivity index (χ2n) is 7.10. The van der Waals surface area contributed by atoms with E-state index in [1.807, 2.05) is 20.8 Å². The van der Waals surface area contributed by atoms with Gasteiger partial charge in [-0.15, -0.1) is 0 Å². The molecule has 3 heteroatoms. The van der Waals surface area contributed by atoms with Gasteiger partial charge in [0.1, 0.15) is 11.7 Å². The normalized spacial score (nSPS) is 20.5. The summed E-state index contributed by atoms with van der Waals surface area (Å²) in [5.41, 5.74) is 5.03. The molecule has 0 aromatic heterocycles.